The van der Waals surface area contributed by atoms with Crippen molar-refractivity contribution in [3.8, 4) is 0 Å². The average Bonchev–Trinajstić information content (AvgIpc) is 2.42. The molecule has 20 heavy (non-hydrogen) atoms. The zero-order valence-electron chi connectivity index (χ0n) is 11.7. The number of carbonyl (C=O) groups is 1. The van der Waals surface area contributed by atoms with Crippen LogP contribution in [0.15, 0.2) is 18.2 Å². The lowest BCUT2D eigenvalue weighted by Crippen LogP contribution is -2.35. The maximum Gasteiger partial charge on any atom is 0.225 e. The van der Waals surface area contributed by atoms with Crippen molar-refractivity contribution in [3.63, 3.8) is 0 Å². The van der Waals surface area contributed by atoms with Gasteiger partial charge in [-0.2, -0.15) is 0 Å². The van der Waals surface area contributed by atoms with Gasteiger partial charge < -0.3 is 10.2 Å². The third-order valence-electron chi connectivity index (χ3n) is 3.73. The number of hydrogen-bond donors (Lipinski definition) is 1. The first-order chi connectivity index (χ1) is 9.54. The van der Waals surface area contributed by atoms with E-state index >= 15 is 0 Å². The molecule has 0 bridgehead atoms. The van der Waals surface area contributed by atoms with Crippen LogP contribution >= 0.6 is 23.2 Å². The predicted octanol–water partition coefficient (Wildman–Crippen LogP) is 4.05. The monoisotopic (exact) mass is 314 g/mol. The fourth-order valence-corrected chi connectivity index (χ4v) is 2.69. The van der Waals surface area contributed by atoms with E-state index in [1.54, 1.807) is 18.2 Å². The van der Waals surface area contributed by atoms with Gasteiger partial charge in [0.05, 0.1) is 10.7 Å². The average molecular weight is 315 g/mol. The van der Waals surface area contributed by atoms with Gasteiger partial charge in [-0.1, -0.05) is 30.1 Å². The van der Waals surface area contributed by atoms with E-state index in [-0.39, 0.29) is 5.91 Å². The van der Waals surface area contributed by atoms with Crippen molar-refractivity contribution >= 4 is 34.8 Å². The quantitative estimate of drug-likeness (QED) is 0.909. The van der Waals surface area contributed by atoms with Crippen molar-refractivity contribution in [2.24, 2.45) is 5.92 Å². The minimum Gasteiger partial charge on any atom is -0.325 e. The number of halogens is 2. The standard InChI is InChI=1S/C15H20Cl2N2O/c1-11-4-7-19(8-5-11)9-6-15(20)18-14-10-12(16)2-3-13(14)17/h2-3,10-11H,4-9H2,1H3,(H,18,20). The topological polar surface area (TPSA) is 32.3 Å². The molecule has 0 radical (unpaired) electrons. The lowest BCUT2D eigenvalue weighted by atomic mass is 9.99. The number of amides is 1. The second-order valence-electron chi connectivity index (χ2n) is 5.45. The number of benzene rings is 1. The largest absolute Gasteiger partial charge is 0.325 e. The van der Waals surface area contributed by atoms with Gasteiger partial charge in [-0.15, -0.1) is 0 Å². The molecule has 1 aliphatic heterocycles. The highest BCUT2D eigenvalue weighted by Crippen LogP contribution is 2.25. The Morgan fingerprint density at radius 3 is 2.75 bits per heavy atom. The third-order valence-corrected chi connectivity index (χ3v) is 4.30. The normalized spacial score (nSPS) is 17.1. The SMILES string of the molecule is CC1CCN(CCC(=O)Nc2cc(Cl)ccc2Cl)CC1. The van der Waals surface area contributed by atoms with E-state index in [9.17, 15) is 4.79 Å². The lowest BCUT2D eigenvalue weighted by Gasteiger charge is -2.29. The highest BCUT2D eigenvalue weighted by atomic mass is 35.5. The Balaban J connectivity index is 1.79. The van der Waals surface area contributed by atoms with Crippen molar-refractivity contribution in [3.05, 3.63) is 28.2 Å². The number of piperidine rings is 1. The van der Waals surface area contributed by atoms with Crippen LogP contribution in [0, 0.1) is 5.92 Å². The second-order valence-corrected chi connectivity index (χ2v) is 6.29. The summed E-state index contributed by atoms with van der Waals surface area (Å²) in [6, 6.07) is 5.06. The molecule has 1 heterocycles. The minimum absolute atomic E-state index is 0.0206. The summed E-state index contributed by atoms with van der Waals surface area (Å²) < 4.78 is 0. The van der Waals surface area contributed by atoms with E-state index in [2.05, 4.69) is 17.1 Å². The summed E-state index contributed by atoms with van der Waals surface area (Å²) >= 11 is 11.9. The van der Waals surface area contributed by atoms with Crippen LogP contribution in [-0.4, -0.2) is 30.4 Å². The van der Waals surface area contributed by atoms with Gasteiger partial charge in [0.25, 0.3) is 0 Å². The van der Waals surface area contributed by atoms with Crippen LogP contribution < -0.4 is 5.32 Å². The fraction of sp³-hybridized carbons (Fsp3) is 0.533. The first-order valence-corrected chi connectivity index (χ1v) is 7.77. The highest BCUT2D eigenvalue weighted by molar-refractivity contribution is 6.35. The van der Waals surface area contributed by atoms with Gasteiger partial charge in [0.1, 0.15) is 0 Å². The smallest absolute Gasteiger partial charge is 0.225 e. The van der Waals surface area contributed by atoms with Crippen LogP contribution in [0.2, 0.25) is 10.0 Å². The number of carbonyl (C=O) groups excluding carboxylic acids is 1. The Morgan fingerprint density at radius 2 is 2.05 bits per heavy atom. The number of nitrogens with one attached hydrogen (secondary N) is 1. The summed E-state index contributed by atoms with van der Waals surface area (Å²) in [5.74, 6) is 0.790. The lowest BCUT2D eigenvalue weighted by molar-refractivity contribution is -0.116. The fourth-order valence-electron chi connectivity index (χ4n) is 2.35. The molecular formula is C15H20Cl2N2O. The van der Waals surface area contributed by atoms with Crippen LogP contribution in [0.25, 0.3) is 0 Å². The molecular weight excluding hydrogens is 295 g/mol. The van der Waals surface area contributed by atoms with Gasteiger partial charge in [0.15, 0.2) is 0 Å². The van der Waals surface area contributed by atoms with E-state index in [4.69, 9.17) is 23.2 Å². The summed E-state index contributed by atoms with van der Waals surface area (Å²) in [7, 11) is 0. The molecule has 1 aromatic carbocycles. The predicted molar refractivity (Wildman–Crippen MR) is 84.5 cm³/mol. The van der Waals surface area contributed by atoms with E-state index in [1.165, 1.54) is 12.8 Å². The molecule has 0 aliphatic carbocycles. The van der Waals surface area contributed by atoms with Gasteiger partial charge >= 0.3 is 0 Å². The molecule has 0 unspecified atom stereocenters. The second kappa shape index (κ2) is 7.30. The molecule has 110 valence electrons. The van der Waals surface area contributed by atoms with Crippen molar-refractivity contribution in [2.75, 3.05) is 25.0 Å². The molecule has 1 aliphatic rings. The summed E-state index contributed by atoms with van der Waals surface area (Å²) in [4.78, 5) is 14.3. The number of likely N-dealkylation sites (tertiary alicyclic amines) is 1. The number of hydrogen-bond acceptors (Lipinski definition) is 2. The summed E-state index contributed by atoms with van der Waals surface area (Å²) in [5.41, 5.74) is 0.580. The van der Waals surface area contributed by atoms with E-state index < -0.39 is 0 Å². The maximum absolute atomic E-state index is 11.9. The van der Waals surface area contributed by atoms with Gasteiger partial charge in [-0.3, -0.25) is 4.79 Å². The molecule has 5 heteroatoms. The Labute approximate surface area is 130 Å². The number of anilines is 1. The Bertz CT molecular complexity index is 471. The Kier molecular flexibility index (Phi) is 5.70. The van der Waals surface area contributed by atoms with Gasteiger partial charge in [0, 0.05) is 18.0 Å². The van der Waals surface area contributed by atoms with Gasteiger partial charge in [0.2, 0.25) is 5.91 Å². The molecule has 2 rings (SSSR count). The summed E-state index contributed by atoms with van der Waals surface area (Å²) in [6.45, 7) is 5.26. The van der Waals surface area contributed by atoms with E-state index in [0.717, 1.165) is 25.6 Å². The first kappa shape index (κ1) is 15.6. The summed E-state index contributed by atoms with van der Waals surface area (Å²) in [6.07, 6.45) is 2.93. The summed E-state index contributed by atoms with van der Waals surface area (Å²) in [5, 5.41) is 3.89. The highest BCUT2D eigenvalue weighted by Gasteiger charge is 2.16. The van der Waals surface area contributed by atoms with E-state index in [0.29, 0.717) is 22.2 Å². The van der Waals surface area contributed by atoms with Crippen molar-refractivity contribution < 1.29 is 4.79 Å². The molecule has 3 nitrogen and oxygen atoms in total. The van der Waals surface area contributed by atoms with Crippen LogP contribution in [0.3, 0.4) is 0 Å². The first-order valence-electron chi connectivity index (χ1n) is 7.02. The molecule has 0 spiro atoms. The zero-order valence-corrected chi connectivity index (χ0v) is 13.2. The maximum atomic E-state index is 11.9. The number of rotatable bonds is 4. The molecule has 0 saturated carbocycles. The van der Waals surface area contributed by atoms with Crippen LogP contribution in [-0.2, 0) is 4.79 Å². The molecule has 1 aromatic rings. The van der Waals surface area contributed by atoms with Crippen LogP contribution in [0.4, 0.5) is 5.69 Å². The third kappa shape index (κ3) is 4.65. The molecule has 1 fully saturated rings. The minimum atomic E-state index is -0.0206. The van der Waals surface area contributed by atoms with Crippen LogP contribution in [0.5, 0.6) is 0 Å². The van der Waals surface area contributed by atoms with Gasteiger partial charge in [-0.05, 0) is 50.0 Å². The Hall–Kier alpha value is -0.770. The van der Waals surface area contributed by atoms with Crippen molar-refractivity contribution in [2.45, 2.75) is 26.2 Å². The molecule has 1 amide bonds. The Morgan fingerprint density at radius 1 is 1.35 bits per heavy atom. The number of nitrogens with zero attached hydrogens (tertiary/aromatic N) is 1. The van der Waals surface area contributed by atoms with Gasteiger partial charge in [-0.25, -0.2) is 0 Å². The van der Waals surface area contributed by atoms with Crippen molar-refractivity contribution in [1.82, 2.24) is 4.90 Å². The zero-order chi connectivity index (χ0) is 14.5. The van der Waals surface area contributed by atoms with E-state index in [1.807, 2.05) is 0 Å². The molecule has 1 saturated heterocycles. The van der Waals surface area contributed by atoms with Crippen LogP contribution in [0.1, 0.15) is 26.2 Å². The van der Waals surface area contributed by atoms with Crippen molar-refractivity contribution in [1.29, 1.82) is 0 Å². The molecule has 0 aromatic heterocycles. The molecule has 1 N–H and O–H groups in total. The molecule has 0 atom stereocenters.